The summed E-state index contributed by atoms with van der Waals surface area (Å²) in [7, 11) is 1.55. The van der Waals surface area contributed by atoms with Gasteiger partial charge in [0.2, 0.25) is 17.7 Å². The van der Waals surface area contributed by atoms with E-state index in [1.807, 2.05) is 4.90 Å². The number of hydrogen-bond donors (Lipinski definition) is 1. The van der Waals surface area contributed by atoms with Crippen molar-refractivity contribution in [3.05, 3.63) is 24.0 Å². The zero-order chi connectivity index (χ0) is 14.8. The highest BCUT2D eigenvalue weighted by molar-refractivity contribution is 5.88. The summed E-state index contributed by atoms with van der Waals surface area (Å²) in [4.78, 5) is 25.6. The lowest BCUT2D eigenvalue weighted by Crippen LogP contribution is -2.25. The Morgan fingerprint density at radius 2 is 2.38 bits per heavy atom. The third-order valence-corrected chi connectivity index (χ3v) is 3.28. The fourth-order valence-corrected chi connectivity index (χ4v) is 2.32. The van der Waals surface area contributed by atoms with Gasteiger partial charge in [-0.1, -0.05) is 5.16 Å². The number of anilines is 1. The molecule has 2 aromatic rings. The van der Waals surface area contributed by atoms with E-state index >= 15 is 0 Å². The molecule has 0 aromatic carbocycles. The molecule has 1 aliphatic heterocycles. The minimum Gasteiger partial charge on any atom is -0.481 e. The fourth-order valence-electron chi connectivity index (χ4n) is 2.32. The molecule has 2 aromatic heterocycles. The molecule has 1 fully saturated rings. The molecule has 0 saturated carbocycles. The summed E-state index contributed by atoms with van der Waals surface area (Å²) < 4.78 is 10.2. The van der Waals surface area contributed by atoms with Gasteiger partial charge in [0.1, 0.15) is 6.04 Å². The van der Waals surface area contributed by atoms with Crippen molar-refractivity contribution in [2.24, 2.45) is 5.73 Å². The first-order chi connectivity index (χ1) is 10.2. The van der Waals surface area contributed by atoms with Crippen molar-refractivity contribution >= 4 is 11.9 Å². The summed E-state index contributed by atoms with van der Waals surface area (Å²) in [6.45, 7) is 0.756. The van der Waals surface area contributed by atoms with E-state index in [1.54, 1.807) is 19.4 Å². The quantitative estimate of drug-likeness (QED) is 0.854. The molecule has 9 heteroatoms. The first kappa shape index (κ1) is 13.3. The number of methoxy groups -OCH3 is 1. The lowest BCUT2D eigenvalue weighted by Gasteiger charge is -2.21. The van der Waals surface area contributed by atoms with E-state index in [0.29, 0.717) is 17.7 Å². The molecule has 2 N–H and O–H groups in total. The van der Waals surface area contributed by atoms with Gasteiger partial charge in [-0.2, -0.15) is 9.97 Å². The Labute approximate surface area is 120 Å². The average molecular weight is 290 g/mol. The summed E-state index contributed by atoms with van der Waals surface area (Å²) in [6, 6.07) is 1.50. The third-order valence-electron chi connectivity index (χ3n) is 3.28. The van der Waals surface area contributed by atoms with E-state index in [2.05, 4.69) is 20.1 Å². The van der Waals surface area contributed by atoms with Crippen LogP contribution in [0.25, 0.3) is 0 Å². The first-order valence-electron chi connectivity index (χ1n) is 6.46. The molecule has 110 valence electrons. The Kier molecular flexibility index (Phi) is 3.38. The zero-order valence-electron chi connectivity index (χ0n) is 11.4. The van der Waals surface area contributed by atoms with Crippen molar-refractivity contribution < 1.29 is 14.1 Å². The Hall–Kier alpha value is -2.71. The molecule has 3 heterocycles. The molecule has 1 saturated heterocycles. The van der Waals surface area contributed by atoms with Gasteiger partial charge in [0.05, 0.1) is 7.11 Å². The lowest BCUT2D eigenvalue weighted by atomic mass is 10.2. The summed E-state index contributed by atoms with van der Waals surface area (Å²) in [5.41, 5.74) is 5.13. The Morgan fingerprint density at radius 3 is 3.10 bits per heavy atom. The second-order valence-electron chi connectivity index (χ2n) is 4.57. The molecule has 0 spiro atoms. The third kappa shape index (κ3) is 2.49. The highest BCUT2D eigenvalue weighted by atomic mass is 16.5. The molecular formula is C12H14N6O3. The number of amides is 1. The maximum Gasteiger partial charge on any atom is 0.290 e. The molecule has 21 heavy (non-hydrogen) atoms. The molecule has 1 amide bonds. The van der Waals surface area contributed by atoms with E-state index in [4.69, 9.17) is 15.0 Å². The van der Waals surface area contributed by atoms with Crippen LogP contribution in [0.4, 0.5) is 5.95 Å². The van der Waals surface area contributed by atoms with Crippen LogP contribution in [0.1, 0.15) is 35.4 Å². The number of aromatic nitrogens is 4. The van der Waals surface area contributed by atoms with Gasteiger partial charge in [-0.3, -0.25) is 4.79 Å². The molecule has 1 atom stereocenters. The van der Waals surface area contributed by atoms with E-state index in [-0.39, 0.29) is 11.9 Å². The summed E-state index contributed by atoms with van der Waals surface area (Å²) in [5.74, 6) is 0.507. The van der Waals surface area contributed by atoms with E-state index in [9.17, 15) is 4.79 Å². The van der Waals surface area contributed by atoms with Gasteiger partial charge in [0, 0.05) is 18.8 Å². The standard InChI is InChI=1S/C12H14N6O3/c1-20-8-4-5-14-12(15-8)18-6-2-3-7(18)11-16-10(9(13)19)17-21-11/h4-5,7H,2-3,6H2,1H3,(H2,13,19)/t7-/m1/s1. The van der Waals surface area contributed by atoms with E-state index in [0.717, 1.165) is 19.4 Å². The number of hydrogen-bond acceptors (Lipinski definition) is 8. The van der Waals surface area contributed by atoms with Crippen molar-refractivity contribution in [3.8, 4) is 5.88 Å². The van der Waals surface area contributed by atoms with Gasteiger partial charge < -0.3 is 19.9 Å². The van der Waals surface area contributed by atoms with Crippen LogP contribution in [0.15, 0.2) is 16.8 Å². The average Bonchev–Trinajstić information content (AvgIpc) is 3.15. The van der Waals surface area contributed by atoms with Crippen molar-refractivity contribution in [2.45, 2.75) is 18.9 Å². The molecule has 0 unspecified atom stereocenters. The van der Waals surface area contributed by atoms with Crippen LogP contribution < -0.4 is 15.4 Å². The predicted octanol–water partition coefficient (Wildman–Crippen LogP) is 0.309. The number of primary amides is 1. The van der Waals surface area contributed by atoms with E-state index in [1.165, 1.54) is 0 Å². The number of ether oxygens (including phenoxy) is 1. The molecule has 1 aliphatic rings. The summed E-state index contributed by atoms with van der Waals surface area (Å²) >= 11 is 0. The topological polar surface area (TPSA) is 120 Å². The van der Waals surface area contributed by atoms with Crippen LogP contribution >= 0.6 is 0 Å². The number of nitrogens with two attached hydrogens (primary N) is 1. The summed E-state index contributed by atoms with van der Waals surface area (Å²) in [5, 5.41) is 3.57. The second-order valence-corrected chi connectivity index (χ2v) is 4.57. The monoisotopic (exact) mass is 290 g/mol. The smallest absolute Gasteiger partial charge is 0.290 e. The van der Waals surface area contributed by atoms with Gasteiger partial charge in [-0.05, 0) is 12.8 Å². The van der Waals surface area contributed by atoms with Gasteiger partial charge in [0.25, 0.3) is 11.7 Å². The van der Waals surface area contributed by atoms with Crippen molar-refractivity contribution in [1.82, 2.24) is 20.1 Å². The minimum atomic E-state index is -0.716. The zero-order valence-corrected chi connectivity index (χ0v) is 11.4. The number of nitrogens with zero attached hydrogens (tertiary/aromatic N) is 5. The normalized spacial score (nSPS) is 18.0. The Bertz CT molecular complexity index is 658. The van der Waals surface area contributed by atoms with Crippen molar-refractivity contribution in [3.63, 3.8) is 0 Å². The van der Waals surface area contributed by atoms with Crippen LogP contribution in [0, 0.1) is 0 Å². The first-order valence-corrected chi connectivity index (χ1v) is 6.46. The molecule has 0 aliphatic carbocycles. The number of rotatable bonds is 4. The molecule has 0 bridgehead atoms. The predicted molar refractivity (Wildman–Crippen MR) is 70.7 cm³/mol. The van der Waals surface area contributed by atoms with Gasteiger partial charge in [-0.15, -0.1) is 0 Å². The van der Waals surface area contributed by atoms with Gasteiger partial charge in [0.15, 0.2) is 0 Å². The number of carbonyl (C=O) groups excluding carboxylic acids is 1. The highest BCUT2D eigenvalue weighted by Crippen LogP contribution is 2.33. The van der Waals surface area contributed by atoms with Crippen LogP contribution in [0.2, 0.25) is 0 Å². The molecule has 3 rings (SSSR count). The molecule has 0 radical (unpaired) electrons. The van der Waals surface area contributed by atoms with Crippen molar-refractivity contribution in [2.75, 3.05) is 18.6 Å². The molecule has 9 nitrogen and oxygen atoms in total. The Morgan fingerprint density at radius 1 is 1.52 bits per heavy atom. The fraction of sp³-hybridized carbons (Fsp3) is 0.417. The summed E-state index contributed by atoms with van der Waals surface area (Å²) in [6.07, 6.45) is 3.36. The van der Waals surface area contributed by atoms with Crippen molar-refractivity contribution in [1.29, 1.82) is 0 Å². The van der Waals surface area contributed by atoms with Crippen LogP contribution in [-0.4, -0.2) is 39.7 Å². The molecular weight excluding hydrogens is 276 g/mol. The SMILES string of the molecule is COc1ccnc(N2CCC[C@@H]2c2nc(C(N)=O)no2)n1. The van der Waals surface area contributed by atoms with Gasteiger partial charge >= 0.3 is 0 Å². The Balaban J connectivity index is 1.89. The minimum absolute atomic E-state index is 0.122. The van der Waals surface area contributed by atoms with Crippen LogP contribution in [0.5, 0.6) is 5.88 Å². The maximum absolute atomic E-state index is 11.0. The van der Waals surface area contributed by atoms with E-state index < -0.39 is 5.91 Å². The highest BCUT2D eigenvalue weighted by Gasteiger charge is 2.33. The lowest BCUT2D eigenvalue weighted by molar-refractivity contribution is 0.0987. The van der Waals surface area contributed by atoms with Crippen LogP contribution in [-0.2, 0) is 0 Å². The second kappa shape index (κ2) is 5.35. The number of carbonyl (C=O) groups is 1. The van der Waals surface area contributed by atoms with Crippen LogP contribution in [0.3, 0.4) is 0 Å². The maximum atomic E-state index is 11.0. The largest absolute Gasteiger partial charge is 0.481 e. The van der Waals surface area contributed by atoms with Gasteiger partial charge in [-0.25, -0.2) is 4.98 Å².